The van der Waals surface area contributed by atoms with Crippen LogP contribution in [-0.4, -0.2) is 44.8 Å². The predicted octanol–water partition coefficient (Wildman–Crippen LogP) is 1.27. The van der Waals surface area contributed by atoms with Crippen LogP contribution in [0, 0.1) is 5.92 Å². The molecule has 9 heteroatoms. The monoisotopic (exact) mass is 378 g/mol. The molecule has 6 nitrogen and oxygen atoms in total. The first kappa shape index (κ1) is 18.0. The van der Waals surface area contributed by atoms with E-state index in [1.165, 1.54) is 12.1 Å². The summed E-state index contributed by atoms with van der Waals surface area (Å²) in [5.74, 6) is -1.17. The molecule has 1 fully saturated rings. The number of amides is 2. The minimum Gasteiger partial charge on any atom is -0.354 e. The molecular formula is C14H16Cl2N2O4S. The van der Waals surface area contributed by atoms with Crippen molar-refractivity contribution in [1.29, 1.82) is 0 Å². The van der Waals surface area contributed by atoms with E-state index in [0.717, 1.165) is 0 Å². The Bertz CT molecular complexity index is 721. The lowest BCUT2D eigenvalue weighted by molar-refractivity contribution is -0.124. The Labute approximate surface area is 144 Å². The molecule has 0 spiro atoms. The zero-order chi connectivity index (χ0) is 17.0. The van der Waals surface area contributed by atoms with E-state index in [4.69, 9.17) is 23.2 Å². The van der Waals surface area contributed by atoms with Crippen LogP contribution < -0.4 is 10.6 Å². The molecule has 1 heterocycles. The van der Waals surface area contributed by atoms with E-state index in [9.17, 15) is 18.0 Å². The van der Waals surface area contributed by atoms with Crippen molar-refractivity contribution in [3.8, 4) is 0 Å². The maximum Gasteiger partial charge on any atom is 0.251 e. The highest BCUT2D eigenvalue weighted by Gasteiger charge is 2.32. The van der Waals surface area contributed by atoms with Crippen LogP contribution in [0.5, 0.6) is 0 Å². The van der Waals surface area contributed by atoms with E-state index in [2.05, 4.69) is 10.6 Å². The van der Waals surface area contributed by atoms with Gasteiger partial charge in [0.1, 0.15) is 0 Å². The lowest BCUT2D eigenvalue weighted by Gasteiger charge is -2.10. The van der Waals surface area contributed by atoms with Crippen molar-refractivity contribution >= 4 is 44.9 Å². The third-order valence-corrected chi connectivity index (χ3v) is 6.00. The molecule has 0 unspecified atom stereocenters. The van der Waals surface area contributed by atoms with Crippen LogP contribution in [0.2, 0.25) is 10.0 Å². The van der Waals surface area contributed by atoms with Crippen LogP contribution in [0.4, 0.5) is 0 Å². The highest BCUT2D eigenvalue weighted by molar-refractivity contribution is 7.91. The fourth-order valence-corrected chi connectivity index (χ4v) is 4.29. The molecule has 0 aliphatic carbocycles. The van der Waals surface area contributed by atoms with Gasteiger partial charge < -0.3 is 10.6 Å². The van der Waals surface area contributed by atoms with E-state index in [1.54, 1.807) is 6.07 Å². The van der Waals surface area contributed by atoms with Crippen LogP contribution in [0.3, 0.4) is 0 Å². The van der Waals surface area contributed by atoms with Gasteiger partial charge in [-0.3, -0.25) is 9.59 Å². The zero-order valence-corrected chi connectivity index (χ0v) is 14.5. The van der Waals surface area contributed by atoms with Gasteiger partial charge in [-0.25, -0.2) is 8.42 Å². The Kier molecular flexibility index (Phi) is 5.89. The molecule has 1 aromatic carbocycles. The van der Waals surface area contributed by atoms with Crippen molar-refractivity contribution in [3.05, 3.63) is 33.8 Å². The third kappa shape index (κ3) is 5.09. The molecule has 1 saturated heterocycles. The molecule has 0 aromatic heterocycles. The van der Waals surface area contributed by atoms with Gasteiger partial charge in [-0.15, -0.1) is 0 Å². The van der Waals surface area contributed by atoms with Gasteiger partial charge in [0, 0.05) is 18.7 Å². The van der Waals surface area contributed by atoms with E-state index in [1.807, 2.05) is 0 Å². The molecule has 0 bridgehead atoms. The van der Waals surface area contributed by atoms with Gasteiger partial charge in [-0.05, 0) is 24.6 Å². The Morgan fingerprint density at radius 3 is 2.43 bits per heavy atom. The Balaban J connectivity index is 1.73. The van der Waals surface area contributed by atoms with Crippen molar-refractivity contribution in [2.75, 3.05) is 24.6 Å². The fourth-order valence-electron chi connectivity index (χ4n) is 2.25. The molecule has 1 aliphatic heterocycles. The summed E-state index contributed by atoms with van der Waals surface area (Å²) in [7, 11) is -3.08. The highest BCUT2D eigenvalue weighted by atomic mass is 35.5. The second-order valence-electron chi connectivity index (χ2n) is 5.28. The minimum atomic E-state index is -3.08. The van der Waals surface area contributed by atoms with Crippen LogP contribution in [0.1, 0.15) is 16.8 Å². The number of sulfone groups is 1. The average molecular weight is 379 g/mol. The van der Waals surface area contributed by atoms with Crippen molar-refractivity contribution in [2.24, 2.45) is 5.92 Å². The van der Waals surface area contributed by atoms with Crippen LogP contribution >= 0.6 is 23.2 Å². The second-order valence-corrected chi connectivity index (χ2v) is 8.32. The third-order valence-electron chi connectivity index (χ3n) is 3.49. The number of carbonyl (C=O) groups excluding carboxylic acids is 2. The fraction of sp³-hybridized carbons (Fsp3) is 0.429. The van der Waals surface area contributed by atoms with Crippen molar-refractivity contribution in [3.63, 3.8) is 0 Å². The molecule has 1 aliphatic rings. The summed E-state index contributed by atoms with van der Waals surface area (Å²) in [5.41, 5.74) is 0.368. The molecule has 2 rings (SSSR count). The number of hydrogen-bond acceptors (Lipinski definition) is 4. The summed E-state index contributed by atoms with van der Waals surface area (Å²) in [6, 6.07) is 4.54. The first-order valence-electron chi connectivity index (χ1n) is 7.00. The summed E-state index contributed by atoms with van der Waals surface area (Å²) in [4.78, 5) is 23.7. The zero-order valence-electron chi connectivity index (χ0n) is 12.1. The first-order valence-corrected chi connectivity index (χ1v) is 9.57. The summed E-state index contributed by atoms with van der Waals surface area (Å²) >= 11 is 11.6. The van der Waals surface area contributed by atoms with E-state index in [0.29, 0.717) is 17.0 Å². The molecule has 126 valence electrons. The largest absolute Gasteiger partial charge is 0.354 e. The number of carbonyl (C=O) groups is 2. The van der Waals surface area contributed by atoms with Crippen molar-refractivity contribution < 1.29 is 18.0 Å². The summed E-state index contributed by atoms with van der Waals surface area (Å²) in [6.45, 7) is 0.451. The number of halogens is 2. The van der Waals surface area contributed by atoms with Crippen molar-refractivity contribution in [1.82, 2.24) is 10.6 Å². The summed E-state index contributed by atoms with van der Waals surface area (Å²) in [6.07, 6.45) is 0.351. The Hall–Kier alpha value is -1.31. The first-order chi connectivity index (χ1) is 10.8. The SMILES string of the molecule is O=C(NCCNC(=O)[C@H]1CCS(=O)(=O)C1)c1ccc(Cl)c(Cl)c1. The average Bonchev–Trinajstić information content (AvgIpc) is 2.86. The van der Waals surface area contributed by atoms with Gasteiger partial charge in [0.25, 0.3) is 5.91 Å². The number of benzene rings is 1. The van der Waals surface area contributed by atoms with Gasteiger partial charge in [0.2, 0.25) is 5.91 Å². The second kappa shape index (κ2) is 7.51. The standard InChI is InChI=1S/C14H16Cl2N2O4S/c15-11-2-1-9(7-12(11)16)13(19)17-4-5-18-14(20)10-3-6-23(21,22)8-10/h1-2,7,10H,3-6,8H2,(H,17,19)(H,18,20)/t10-/m0/s1. The lowest BCUT2D eigenvalue weighted by atomic mass is 10.1. The van der Waals surface area contributed by atoms with Gasteiger partial charge in [0.15, 0.2) is 9.84 Å². The van der Waals surface area contributed by atoms with Crippen LogP contribution in [0.15, 0.2) is 18.2 Å². The van der Waals surface area contributed by atoms with Gasteiger partial charge in [-0.1, -0.05) is 23.2 Å². The molecular weight excluding hydrogens is 363 g/mol. The molecule has 0 radical (unpaired) electrons. The molecule has 0 saturated carbocycles. The summed E-state index contributed by atoms with van der Waals surface area (Å²) in [5, 5.41) is 5.91. The maximum absolute atomic E-state index is 11.9. The minimum absolute atomic E-state index is 0.0547. The molecule has 23 heavy (non-hydrogen) atoms. The van der Waals surface area contributed by atoms with Crippen LogP contribution in [0.25, 0.3) is 0 Å². The smallest absolute Gasteiger partial charge is 0.251 e. The van der Waals surface area contributed by atoms with Crippen LogP contribution in [-0.2, 0) is 14.6 Å². The normalized spacial score (nSPS) is 19.3. The number of nitrogens with one attached hydrogen (secondary N) is 2. The van der Waals surface area contributed by atoms with Gasteiger partial charge in [-0.2, -0.15) is 0 Å². The molecule has 1 atom stereocenters. The van der Waals surface area contributed by atoms with E-state index in [-0.39, 0.29) is 41.4 Å². The summed E-state index contributed by atoms with van der Waals surface area (Å²) < 4.78 is 22.6. The number of rotatable bonds is 5. The molecule has 2 amide bonds. The molecule has 2 N–H and O–H groups in total. The molecule has 1 aromatic rings. The van der Waals surface area contributed by atoms with Gasteiger partial charge >= 0.3 is 0 Å². The lowest BCUT2D eigenvalue weighted by Crippen LogP contribution is -2.37. The quantitative estimate of drug-likeness (QED) is 0.754. The predicted molar refractivity (Wildman–Crippen MR) is 88.6 cm³/mol. The topological polar surface area (TPSA) is 92.3 Å². The van der Waals surface area contributed by atoms with E-state index < -0.39 is 15.8 Å². The Morgan fingerprint density at radius 1 is 1.13 bits per heavy atom. The maximum atomic E-state index is 11.9. The van der Waals surface area contributed by atoms with E-state index >= 15 is 0 Å². The Morgan fingerprint density at radius 2 is 1.83 bits per heavy atom. The van der Waals surface area contributed by atoms with Gasteiger partial charge in [0.05, 0.1) is 27.5 Å². The number of hydrogen-bond donors (Lipinski definition) is 2. The van der Waals surface area contributed by atoms with Crippen molar-refractivity contribution in [2.45, 2.75) is 6.42 Å². The highest BCUT2D eigenvalue weighted by Crippen LogP contribution is 2.22.